The Morgan fingerprint density at radius 2 is 1.93 bits per heavy atom. The zero-order valence-corrected chi connectivity index (χ0v) is 26.8. The Labute approximate surface area is 270 Å². The smallest absolute Gasteiger partial charge is 0.191 e. The van der Waals surface area contributed by atoms with Gasteiger partial charge in [0.15, 0.2) is 33.5 Å². The van der Waals surface area contributed by atoms with Crippen LogP contribution in [-0.4, -0.2) is 57.9 Å². The maximum atomic E-state index is 14.6. The number of nitrogens with one attached hydrogen (secondary N) is 1. The van der Waals surface area contributed by atoms with Crippen molar-refractivity contribution in [2.75, 3.05) is 43.0 Å². The zero-order valence-electron chi connectivity index (χ0n) is 25.2. The molecule has 0 bridgehead atoms. The molecule has 0 radical (unpaired) electrons. The summed E-state index contributed by atoms with van der Waals surface area (Å²) in [4.78, 5) is 15.1. The van der Waals surface area contributed by atoms with Crippen molar-refractivity contribution >= 4 is 54.8 Å². The van der Waals surface area contributed by atoms with E-state index < -0.39 is 0 Å². The van der Waals surface area contributed by atoms with Crippen LogP contribution >= 0.6 is 22.7 Å². The van der Waals surface area contributed by atoms with Crippen LogP contribution in [0, 0.1) is 24.6 Å². The summed E-state index contributed by atoms with van der Waals surface area (Å²) in [6, 6.07) is 13.1. The summed E-state index contributed by atoms with van der Waals surface area (Å²) in [6.07, 6.45) is 7.91. The van der Waals surface area contributed by atoms with Crippen LogP contribution in [0.3, 0.4) is 0 Å². The van der Waals surface area contributed by atoms with Crippen molar-refractivity contribution in [3.05, 3.63) is 76.0 Å². The van der Waals surface area contributed by atoms with Crippen LogP contribution in [-0.2, 0) is 12.8 Å². The van der Waals surface area contributed by atoms with E-state index in [1.54, 1.807) is 28.7 Å². The van der Waals surface area contributed by atoms with Crippen molar-refractivity contribution in [3.8, 4) is 17.6 Å². The normalized spacial score (nSPS) is 14.8. The molecular weight excluding hydrogens is 606 g/mol. The first-order valence-electron chi connectivity index (χ1n) is 15.5. The highest BCUT2D eigenvalue weighted by Crippen LogP contribution is 2.38. The van der Waals surface area contributed by atoms with Crippen LogP contribution < -0.4 is 15.0 Å². The van der Waals surface area contributed by atoms with E-state index in [0.717, 1.165) is 94.4 Å². The lowest BCUT2D eigenvalue weighted by molar-refractivity contribution is 0.296. The molecule has 11 heteroatoms. The Kier molecular flexibility index (Phi) is 8.87. The van der Waals surface area contributed by atoms with Gasteiger partial charge in [0, 0.05) is 34.3 Å². The van der Waals surface area contributed by atoms with Crippen molar-refractivity contribution in [1.82, 2.24) is 25.1 Å². The lowest BCUT2D eigenvalue weighted by atomic mass is 10.0. The van der Waals surface area contributed by atoms with Gasteiger partial charge < -0.3 is 15.0 Å². The van der Waals surface area contributed by atoms with Gasteiger partial charge in [-0.1, -0.05) is 35.3 Å². The van der Waals surface area contributed by atoms with E-state index in [0.29, 0.717) is 12.2 Å². The summed E-state index contributed by atoms with van der Waals surface area (Å²) in [5, 5.41) is 14.3. The van der Waals surface area contributed by atoms with Gasteiger partial charge in [-0.05, 0) is 88.9 Å². The van der Waals surface area contributed by atoms with Gasteiger partial charge in [0.2, 0.25) is 0 Å². The molecule has 0 aliphatic carbocycles. The molecule has 5 aromatic rings. The Morgan fingerprint density at radius 3 is 2.80 bits per heavy atom. The molecule has 1 saturated heterocycles. The Balaban J connectivity index is 0.940. The minimum Gasteiger partial charge on any atom is -0.491 e. The number of aryl methyl sites for hydroxylation is 1. The molecule has 3 aromatic heterocycles. The number of hydrogen-bond donors (Lipinski definition) is 1. The average molecular weight is 640 g/mol. The third-order valence-electron chi connectivity index (χ3n) is 8.17. The maximum Gasteiger partial charge on any atom is 0.191 e. The number of thiazole rings is 2. The minimum atomic E-state index is -0.373. The van der Waals surface area contributed by atoms with Crippen LogP contribution in [0.5, 0.6) is 5.75 Å². The lowest BCUT2D eigenvalue weighted by Gasteiger charge is -2.28. The van der Waals surface area contributed by atoms with E-state index in [-0.39, 0.29) is 11.6 Å². The van der Waals surface area contributed by atoms with Gasteiger partial charge in [-0.2, -0.15) is 0 Å². The number of nitrogens with zero attached hydrogens (tertiary/aromatic N) is 6. The fourth-order valence-electron chi connectivity index (χ4n) is 5.77. The predicted molar refractivity (Wildman–Crippen MR) is 180 cm³/mol. The number of likely N-dealkylation sites (tertiary alicyclic amines) is 1. The predicted octanol–water partition coefficient (Wildman–Crippen LogP) is 7.28. The molecule has 0 spiro atoms. The lowest BCUT2D eigenvalue weighted by Crippen LogP contribution is -2.27. The Morgan fingerprint density at radius 1 is 1.04 bits per heavy atom. The van der Waals surface area contributed by atoms with Crippen molar-refractivity contribution < 1.29 is 9.13 Å². The van der Waals surface area contributed by atoms with Crippen molar-refractivity contribution in [2.45, 2.75) is 45.4 Å². The largest absolute Gasteiger partial charge is 0.491 e. The molecule has 0 saturated carbocycles. The van der Waals surface area contributed by atoms with Gasteiger partial charge in [-0.15, -0.1) is 21.5 Å². The summed E-state index contributed by atoms with van der Waals surface area (Å²) in [5.74, 6) is 7.74. The van der Waals surface area contributed by atoms with Crippen molar-refractivity contribution in [1.29, 1.82) is 0 Å². The van der Waals surface area contributed by atoms with Gasteiger partial charge in [0.05, 0.1) is 23.4 Å². The van der Waals surface area contributed by atoms with Crippen LogP contribution in [0.25, 0.3) is 10.2 Å². The van der Waals surface area contributed by atoms with Crippen LogP contribution in [0.15, 0.2) is 48.7 Å². The number of para-hydroxylation sites is 1. The topological polar surface area (TPSA) is 79.3 Å². The summed E-state index contributed by atoms with van der Waals surface area (Å²) in [5.41, 5.74) is 3.93. The summed E-state index contributed by atoms with van der Waals surface area (Å²) >= 11 is 3.27. The number of hydrogen-bond acceptors (Lipinski definition) is 10. The van der Waals surface area contributed by atoms with Crippen LogP contribution in [0.2, 0.25) is 0 Å². The fraction of sp³-hybridized carbons (Fsp3) is 0.353. The maximum absolute atomic E-state index is 14.6. The molecule has 1 N–H and O–H groups in total. The molecule has 7 rings (SSSR count). The molecule has 0 atom stereocenters. The molecule has 8 nitrogen and oxygen atoms in total. The summed E-state index contributed by atoms with van der Waals surface area (Å²) < 4.78 is 21.5. The first-order valence-corrected chi connectivity index (χ1v) is 17.1. The molecule has 45 heavy (non-hydrogen) atoms. The molecule has 0 amide bonds. The van der Waals surface area contributed by atoms with Gasteiger partial charge in [-0.25, -0.2) is 14.4 Å². The zero-order chi connectivity index (χ0) is 30.6. The van der Waals surface area contributed by atoms with Gasteiger partial charge in [0.1, 0.15) is 0 Å². The van der Waals surface area contributed by atoms with Gasteiger partial charge >= 0.3 is 0 Å². The average Bonchev–Trinajstić information content (AvgIpc) is 3.83. The van der Waals surface area contributed by atoms with E-state index in [1.165, 1.54) is 24.5 Å². The van der Waals surface area contributed by atoms with Crippen LogP contribution in [0.1, 0.15) is 47.3 Å². The second kappa shape index (κ2) is 13.5. The summed E-state index contributed by atoms with van der Waals surface area (Å²) in [6.45, 7) is 6.31. The van der Waals surface area contributed by atoms with Crippen molar-refractivity contribution in [2.24, 2.45) is 0 Å². The molecule has 2 aliphatic rings. The Hall–Kier alpha value is -4.11. The standard InChI is InChI=1S/C34H34FN7OS2/c1-23-26-11-7-19-42(32(26)40-39-31(23)38-33-37-28-12-2-3-13-30(28)45-33)34-36-22-25(44-34)10-8-20-43-29-15-14-24(21-27(29)35)9-6-18-41-16-4-5-17-41/h2-3,12-15,21-22H,4-5,7-8,10-11,16-20H2,1H3,(H,37,38,39). The highest BCUT2D eigenvalue weighted by atomic mass is 32.1. The number of fused-ring (bicyclic) bond motifs is 2. The van der Waals surface area contributed by atoms with Crippen LogP contribution in [0.4, 0.5) is 26.3 Å². The van der Waals surface area contributed by atoms with E-state index in [9.17, 15) is 4.39 Å². The fourth-order valence-corrected chi connectivity index (χ4v) is 7.61. The monoisotopic (exact) mass is 639 g/mol. The second-order valence-corrected chi connectivity index (χ2v) is 13.5. The summed E-state index contributed by atoms with van der Waals surface area (Å²) in [7, 11) is 0. The number of halogens is 1. The molecule has 2 aliphatic heterocycles. The minimum absolute atomic E-state index is 0.265. The molecule has 0 unspecified atom stereocenters. The van der Waals surface area contributed by atoms with Gasteiger partial charge in [-0.3, -0.25) is 4.90 Å². The Bertz CT molecular complexity index is 1840. The molecule has 5 heterocycles. The number of aromatic nitrogens is 4. The molecular formula is C34H34FN7OS2. The molecule has 230 valence electrons. The van der Waals surface area contributed by atoms with Crippen molar-refractivity contribution in [3.63, 3.8) is 0 Å². The highest BCUT2D eigenvalue weighted by Gasteiger charge is 2.26. The molecule has 2 aromatic carbocycles. The highest BCUT2D eigenvalue weighted by molar-refractivity contribution is 7.22. The first kappa shape index (κ1) is 29.6. The number of ether oxygens (including phenoxy) is 1. The third-order valence-corrected chi connectivity index (χ3v) is 10.2. The SMILES string of the molecule is Cc1c(Nc2nc3ccccc3s2)nnc2c1CCCN2c1ncc(CCCOc2ccc(C#CCN3CCCC3)cc2F)s1. The van der Waals surface area contributed by atoms with E-state index in [2.05, 4.69) is 50.1 Å². The first-order chi connectivity index (χ1) is 22.1. The van der Waals surface area contributed by atoms with E-state index in [1.807, 2.05) is 30.5 Å². The number of anilines is 4. The number of rotatable bonds is 9. The second-order valence-electron chi connectivity index (χ2n) is 11.3. The molecule has 1 fully saturated rings. The van der Waals surface area contributed by atoms with E-state index in [4.69, 9.17) is 14.7 Å². The third kappa shape index (κ3) is 6.78. The number of benzene rings is 2. The van der Waals surface area contributed by atoms with E-state index >= 15 is 0 Å². The van der Waals surface area contributed by atoms with Gasteiger partial charge in [0.25, 0.3) is 0 Å². The quantitative estimate of drug-likeness (QED) is 0.133.